The van der Waals surface area contributed by atoms with Crippen LogP contribution < -0.4 is 5.32 Å². The number of benzene rings is 2. The highest BCUT2D eigenvalue weighted by molar-refractivity contribution is 6.40. The fourth-order valence-electron chi connectivity index (χ4n) is 2.59. The first kappa shape index (κ1) is 19.9. The van der Waals surface area contributed by atoms with E-state index in [1.807, 2.05) is 19.9 Å². The van der Waals surface area contributed by atoms with E-state index in [-0.39, 0.29) is 21.7 Å². The molecule has 2 aromatic carbocycles. The molecular weight excluding hydrogens is 407 g/mol. The van der Waals surface area contributed by atoms with Crippen LogP contribution in [0.25, 0.3) is 10.9 Å². The van der Waals surface area contributed by atoms with Crippen molar-refractivity contribution in [2.75, 3.05) is 5.32 Å². The number of halogens is 3. The molecule has 3 aromatic rings. The van der Waals surface area contributed by atoms with Crippen LogP contribution >= 0.6 is 34.8 Å². The van der Waals surface area contributed by atoms with Crippen molar-refractivity contribution < 1.29 is 9.53 Å². The number of pyridine rings is 1. The van der Waals surface area contributed by atoms with Crippen LogP contribution in [0.2, 0.25) is 15.1 Å². The molecule has 0 unspecified atom stereocenters. The standard InChI is InChI=1S/C20H17Cl3N2O2/c1-11(2)27-10-12-9-24-19-13(18(12)23)5-3-8-16(19)25-20(26)17-14(21)6-4-7-15(17)22/h3-9,11H,10H2,1-2H3,(H,25,26). The minimum atomic E-state index is -0.414. The number of hydrogen-bond acceptors (Lipinski definition) is 3. The minimum Gasteiger partial charge on any atom is -0.374 e. The number of hydrogen-bond donors (Lipinski definition) is 1. The summed E-state index contributed by atoms with van der Waals surface area (Å²) in [5, 5.41) is 4.65. The number of rotatable bonds is 5. The molecule has 3 rings (SSSR count). The maximum Gasteiger partial charge on any atom is 0.258 e. The Bertz CT molecular complexity index is 986. The quantitative estimate of drug-likeness (QED) is 0.518. The van der Waals surface area contributed by atoms with E-state index in [9.17, 15) is 4.79 Å². The molecule has 0 fully saturated rings. The number of nitrogens with one attached hydrogen (secondary N) is 1. The number of ether oxygens (including phenoxy) is 1. The fourth-order valence-corrected chi connectivity index (χ4v) is 3.41. The van der Waals surface area contributed by atoms with Crippen LogP contribution in [0.4, 0.5) is 5.69 Å². The lowest BCUT2D eigenvalue weighted by Gasteiger charge is -2.13. The molecule has 0 aliphatic heterocycles. The van der Waals surface area contributed by atoms with Crippen molar-refractivity contribution in [3.05, 3.63) is 68.8 Å². The van der Waals surface area contributed by atoms with Crippen molar-refractivity contribution in [2.24, 2.45) is 0 Å². The van der Waals surface area contributed by atoms with E-state index >= 15 is 0 Å². The lowest BCUT2D eigenvalue weighted by Crippen LogP contribution is -2.13. The number of para-hydroxylation sites is 1. The molecule has 0 radical (unpaired) electrons. The summed E-state index contributed by atoms with van der Waals surface area (Å²) < 4.78 is 5.61. The molecule has 1 aromatic heterocycles. The molecule has 0 bridgehead atoms. The summed E-state index contributed by atoms with van der Waals surface area (Å²) in [5.41, 5.74) is 2.10. The average molecular weight is 424 g/mol. The summed E-state index contributed by atoms with van der Waals surface area (Å²) in [7, 11) is 0. The molecule has 1 N–H and O–H groups in total. The lowest BCUT2D eigenvalue weighted by molar-refractivity contribution is 0.0657. The van der Waals surface area contributed by atoms with E-state index in [1.165, 1.54) is 0 Å². The van der Waals surface area contributed by atoms with Crippen LogP contribution in [0.1, 0.15) is 29.8 Å². The second kappa shape index (κ2) is 8.44. The molecule has 1 amide bonds. The third-order valence-electron chi connectivity index (χ3n) is 3.91. The Hall–Kier alpha value is -1.85. The van der Waals surface area contributed by atoms with Gasteiger partial charge in [-0.25, -0.2) is 0 Å². The second-order valence-corrected chi connectivity index (χ2v) is 7.40. The number of fused-ring (bicyclic) bond motifs is 1. The van der Waals surface area contributed by atoms with Gasteiger partial charge in [-0.3, -0.25) is 9.78 Å². The largest absolute Gasteiger partial charge is 0.374 e. The molecule has 0 atom stereocenters. The number of amides is 1. The van der Waals surface area contributed by atoms with Crippen molar-refractivity contribution in [1.82, 2.24) is 4.98 Å². The van der Waals surface area contributed by atoms with Gasteiger partial charge in [0.1, 0.15) is 0 Å². The molecule has 0 aliphatic rings. The predicted molar refractivity (Wildman–Crippen MR) is 111 cm³/mol. The zero-order chi connectivity index (χ0) is 19.6. The first-order valence-electron chi connectivity index (χ1n) is 8.31. The fraction of sp³-hybridized carbons (Fsp3) is 0.200. The van der Waals surface area contributed by atoms with Crippen molar-refractivity contribution in [3.8, 4) is 0 Å². The summed E-state index contributed by atoms with van der Waals surface area (Å²) in [6, 6.07) is 10.3. The number of aromatic nitrogens is 1. The van der Waals surface area contributed by atoms with Gasteiger partial charge in [0, 0.05) is 17.1 Å². The number of anilines is 1. The first-order chi connectivity index (χ1) is 12.9. The molecule has 140 valence electrons. The molecule has 4 nitrogen and oxygen atoms in total. The molecule has 0 spiro atoms. The van der Waals surface area contributed by atoms with Gasteiger partial charge in [0.25, 0.3) is 5.91 Å². The van der Waals surface area contributed by atoms with Crippen LogP contribution in [0, 0.1) is 0 Å². The summed E-state index contributed by atoms with van der Waals surface area (Å²) in [4.78, 5) is 17.1. The molecule has 0 saturated carbocycles. The Morgan fingerprint density at radius 1 is 1.11 bits per heavy atom. The summed E-state index contributed by atoms with van der Waals surface area (Å²) in [5.74, 6) is -0.414. The zero-order valence-corrected chi connectivity index (χ0v) is 17.0. The van der Waals surface area contributed by atoms with Gasteiger partial charge < -0.3 is 10.1 Å². The Kier molecular flexibility index (Phi) is 6.22. The zero-order valence-electron chi connectivity index (χ0n) is 14.7. The van der Waals surface area contributed by atoms with Gasteiger partial charge in [-0.2, -0.15) is 0 Å². The van der Waals surface area contributed by atoms with E-state index in [0.717, 1.165) is 10.9 Å². The van der Waals surface area contributed by atoms with Gasteiger partial charge in [-0.1, -0.05) is 53.0 Å². The summed E-state index contributed by atoms with van der Waals surface area (Å²) >= 11 is 18.8. The van der Waals surface area contributed by atoms with Crippen LogP contribution in [-0.2, 0) is 11.3 Å². The van der Waals surface area contributed by atoms with Crippen molar-refractivity contribution in [1.29, 1.82) is 0 Å². The molecule has 0 aliphatic carbocycles. The highest BCUT2D eigenvalue weighted by Crippen LogP contribution is 2.32. The van der Waals surface area contributed by atoms with Gasteiger partial charge in [0.15, 0.2) is 0 Å². The monoisotopic (exact) mass is 422 g/mol. The molecule has 27 heavy (non-hydrogen) atoms. The Morgan fingerprint density at radius 2 is 1.78 bits per heavy atom. The van der Waals surface area contributed by atoms with Gasteiger partial charge >= 0.3 is 0 Å². The highest BCUT2D eigenvalue weighted by atomic mass is 35.5. The summed E-state index contributed by atoms with van der Waals surface area (Å²) in [6.45, 7) is 4.27. The maximum absolute atomic E-state index is 12.7. The first-order valence-corrected chi connectivity index (χ1v) is 9.45. The van der Waals surface area contributed by atoms with Gasteiger partial charge in [-0.15, -0.1) is 0 Å². The minimum absolute atomic E-state index is 0.0859. The Balaban J connectivity index is 1.96. The number of nitrogens with zero attached hydrogens (tertiary/aromatic N) is 1. The molecule has 1 heterocycles. The molecular formula is C20H17Cl3N2O2. The Morgan fingerprint density at radius 3 is 2.44 bits per heavy atom. The molecule has 7 heteroatoms. The van der Waals surface area contributed by atoms with Crippen molar-refractivity contribution in [2.45, 2.75) is 26.6 Å². The van der Waals surface area contributed by atoms with E-state index in [0.29, 0.717) is 22.8 Å². The normalized spacial score (nSPS) is 11.2. The van der Waals surface area contributed by atoms with E-state index < -0.39 is 5.91 Å². The SMILES string of the molecule is CC(C)OCc1cnc2c(NC(=O)c3c(Cl)cccc3Cl)cccc2c1Cl. The predicted octanol–water partition coefficient (Wildman–Crippen LogP) is 6.37. The van der Waals surface area contributed by atoms with Crippen LogP contribution in [-0.4, -0.2) is 17.0 Å². The topological polar surface area (TPSA) is 51.2 Å². The summed E-state index contributed by atoms with van der Waals surface area (Å²) in [6.07, 6.45) is 1.74. The smallest absolute Gasteiger partial charge is 0.258 e. The number of carbonyl (C=O) groups excluding carboxylic acids is 1. The third kappa shape index (κ3) is 4.36. The van der Waals surface area contributed by atoms with Gasteiger partial charge in [0.05, 0.1) is 44.5 Å². The van der Waals surface area contributed by atoms with Crippen LogP contribution in [0.5, 0.6) is 0 Å². The second-order valence-electron chi connectivity index (χ2n) is 6.21. The average Bonchev–Trinajstić information content (AvgIpc) is 2.61. The lowest BCUT2D eigenvalue weighted by atomic mass is 10.1. The number of carbonyl (C=O) groups is 1. The highest BCUT2D eigenvalue weighted by Gasteiger charge is 2.17. The van der Waals surface area contributed by atoms with E-state index in [4.69, 9.17) is 39.5 Å². The van der Waals surface area contributed by atoms with Gasteiger partial charge in [-0.05, 0) is 32.0 Å². The van der Waals surface area contributed by atoms with Crippen molar-refractivity contribution >= 4 is 57.3 Å². The maximum atomic E-state index is 12.7. The third-order valence-corrected chi connectivity index (χ3v) is 4.99. The van der Waals surface area contributed by atoms with Crippen LogP contribution in [0.3, 0.4) is 0 Å². The van der Waals surface area contributed by atoms with Gasteiger partial charge in [0.2, 0.25) is 0 Å². The Labute approximate surface area is 172 Å². The molecule has 0 saturated heterocycles. The van der Waals surface area contributed by atoms with E-state index in [1.54, 1.807) is 36.5 Å². The van der Waals surface area contributed by atoms with E-state index in [2.05, 4.69) is 10.3 Å². The van der Waals surface area contributed by atoms with Crippen LogP contribution in [0.15, 0.2) is 42.6 Å². The van der Waals surface area contributed by atoms with Crippen molar-refractivity contribution in [3.63, 3.8) is 0 Å².